The van der Waals surface area contributed by atoms with Crippen molar-refractivity contribution in [2.75, 3.05) is 12.4 Å². The molecule has 0 spiro atoms. The highest BCUT2D eigenvalue weighted by molar-refractivity contribution is 5.96. The number of aryl methyl sites for hydroxylation is 2. The first-order chi connectivity index (χ1) is 13.7. The van der Waals surface area contributed by atoms with Crippen molar-refractivity contribution in [1.29, 1.82) is 0 Å². The average molecular weight is 392 g/mol. The first-order valence-electron chi connectivity index (χ1n) is 9.89. The van der Waals surface area contributed by atoms with Gasteiger partial charge in [0.2, 0.25) is 0 Å². The van der Waals surface area contributed by atoms with Crippen LogP contribution in [0.5, 0.6) is 0 Å². The van der Waals surface area contributed by atoms with Crippen LogP contribution in [-0.4, -0.2) is 22.9 Å². The topological polar surface area (TPSA) is 56.1 Å². The number of hydrogen-bond donors (Lipinski definition) is 1. The molecule has 0 amide bonds. The summed E-state index contributed by atoms with van der Waals surface area (Å²) in [6, 6.07) is 15.9. The van der Waals surface area contributed by atoms with E-state index in [1.54, 1.807) is 0 Å². The second-order valence-electron chi connectivity index (χ2n) is 8.21. The largest absolute Gasteiger partial charge is 0.465 e. The Bertz CT molecular complexity index is 1030. The van der Waals surface area contributed by atoms with Crippen LogP contribution in [-0.2, 0) is 16.6 Å². The number of nitrogens with zero attached hydrogens (tertiary/aromatic N) is 2. The predicted molar refractivity (Wildman–Crippen MR) is 117 cm³/mol. The van der Waals surface area contributed by atoms with E-state index in [0.717, 1.165) is 34.7 Å². The molecule has 0 radical (unpaired) electrons. The number of para-hydroxylation sites is 1. The zero-order chi connectivity index (χ0) is 21.2. The van der Waals surface area contributed by atoms with E-state index in [4.69, 9.17) is 9.84 Å². The minimum atomic E-state index is -0.367. The van der Waals surface area contributed by atoms with Crippen molar-refractivity contribution in [2.45, 2.75) is 46.5 Å². The highest BCUT2D eigenvalue weighted by Crippen LogP contribution is 2.31. The van der Waals surface area contributed by atoms with E-state index in [1.807, 2.05) is 47.1 Å². The molecule has 29 heavy (non-hydrogen) atoms. The lowest BCUT2D eigenvalue weighted by atomic mass is 9.92. The van der Waals surface area contributed by atoms with E-state index in [9.17, 15) is 4.79 Å². The van der Waals surface area contributed by atoms with Gasteiger partial charge in [0.05, 0.1) is 29.7 Å². The predicted octanol–water partition coefficient (Wildman–Crippen LogP) is 5.57. The zero-order valence-corrected chi connectivity index (χ0v) is 18.0. The molecule has 3 rings (SSSR count). The maximum Gasteiger partial charge on any atom is 0.339 e. The number of methoxy groups -OCH3 is 1. The van der Waals surface area contributed by atoms with Crippen molar-refractivity contribution in [3.05, 3.63) is 70.9 Å². The minimum absolute atomic E-state index is 0.110. The SMILES string of the molecule is CCc1ccc(C(=O)OC)c(Nc2cc(C(C)(C)C)nn2-c2ccccc2C)c1. The number of carbonyl (C=O) groups excluding carboxylic acids is 1. The zero-order valence-electron chi connectivity index (χ0n) is 18.0. The Hall–Kier alpha value is -3.08. The number of esters is 1. The van der Waals surface area contributed by atoms with Gasteiger partial charge >= 0.3 is 5.97 Å². The molecule has 152 valence electrons. The number of anilines is 2. The second kappa shape index (κ2) is 8.11. The van der Waals surface area contributed by atoms with Crippen molar-refractivity contribution in [2.24, 2.45) is 0 Å². The smallest absolute Gasteiger partial charge is 0.339 e. The molecule has 0 atom stereocenters. The van der Waals surface area contributed by atoms with Crippen LogP contribution in [0.4, 0.5) is 11.5 Å². The highest BCUT2D eigenvalue weighted by Gasteiger charge is 2.22. The molecular formula is C24H29N3O2. The van der Waals surface area contributed by atoms with Gasteiger partial charge in [-0.2, -0.15) is 5.10 Å². The molecule has 3 aromatic rings. The van der Waals surface area contributed by atoms with E-state index in [1.165, 1.54) is 7.11 Å². The molecule has 1 heterocycles. The van der Waals surface area contributed by atoms with Gasteiger partial charge in [0.25, 0.3) is 0 Å². The van der Waals surface area contributed by atoms with E-state index in [0.29, 0.717) is 11.3 Å². The van der Waals surface area contributed by atoms with Crippen LogP contribution in [0.2, 0.25) is 0 Å². The number of rotatable bonds is 5. The van der Waals surface area contributed by atoms with Crippen LogP contribution in [0.1, 0.15) is 54.9 Å². The molecule has 0 saturated heterocycles. The van der Waals surface area contributed by atoms with Crippen molar-refractivity contribution >= 4 is 17.5 Å². The summed E-state index contributed by atoms with van der Waals surface area (Å²) in [5.41, 5.74) is 5.32. The first kappa shape index (κ1) is 20.6. The molecule has 0 fully saturated rings. The van der Waals surface area contributed by atoms with E-state index in [-0.39, 0.29) is 11.4 Å². The van der Waals surface area contributed by atoms with Gasteiger partial charge in [0.1, 0.15) is 5.82 Å². The van der Waals surface area contributed by atoms with Crippen LogP contribution in [0, 0.1) is 6.92 Å². The number of nitrogens with one attached hydrogen (secondary N) is 1. The third-order valence-corrected chi connectivity index (χ3v) is 4.98. The lowest BCUT2D eigenvalue weighted by Crippen LogP contribution is -2.13. The number of benzene rings is 2. The summed E-state index contributed by atoms with van der Waals surface area (Å²) >= 11 is 0. The van der Waals surface area contributed by atoms with Crippen molar-refractivity contribution in [3.63, 3.8) is 0 Å². The normalized spacial score (nSPS) is 11.4. The molecule has 0 aliphatic rings. The van der Waals surface area contributed by atoms with Crippen LogP contribution < -0.4 is 5.32 Å². The number of carbonyl (C=O) groups is 1. The summed E-state index contributed by atoms with van der Waals surface area (Å²) < 4.78 is 6.89. The molecule has 2 aromatic carbocycles. The van der Waals surface area contributed by atoms with Crippen LogP contribution in [0.25, 0.3) is 5.69 Å². The van der Waals surface area contributed by atoms with Crippen LogP contribution in [0.3, 0.4) is 0 Å². The second-order valence-corrected chi connectivity index (χ2v) is 8.21. The summed E-state index contributed by atoms with van der Waals surface area (Å²) in [6.07, 6.45) is 0.875. The quantitative estimate of drug-likeness (QED) is 0.578. The fourth-order valence-electron chi connectivity index (χ4n) is 3.16. The van der Waals surface area contributed by atoms with E-state index in [2.05, 4.69) is 46.0 Å². The van der Waals surface area contributed by atoms with Gasteiger partial charge in [-0.05, 0) is 42.7 Å². The fourth-order valence-corrected chi connectivity index (χ4v) is 3.16. The molecule has 5 nitrogen and oxygen atoms in total. The molecule has 5 heteroatoms. The van der Waals surface area contributed by atoms with E-state index >= 15 is 0 Å². The van der Waals surface area contributed by atoms with Gasteiger partial charge in [0.15, 0.2) is 0 Å². The van der Waals surface area contributed by atoms with Gasteiger partial charge in [-0.15, -0.1) is 0 Å². The van der Waals surface area contributed by atoms with Crippen molar-refractivity contribution < 1.29 is 9.53 Å². The molecule has 0 aliphatic carbocycles. The maximum atomic E-state index is 12.3. The Labute approximate surface area is 172 Å². The average Bonchev–Trinajstić information content (AvgIpc) is 3.11. The molecule has 0 bridgehead atoms. The van der Waals surface area contributed by atoms with Crippen LogP contribution in [0.15, 0.2) is 48.5 Å². The maximum absolute atomic E-state index is 12.3. The Morgan fingerprint density at radius 3 is 2.48 bits per heavy atom. The Morgan fingerprint density at radius 1 is 1.14 bits per heavy atom. The summed E-state index contributed by atoms with van der Waals surface area (Å²) in [5.74, 6) is 0.441. The molecule has 1 N–H and O–H groups in total. The van der Waals surface area contributed by atoms with E-state index < -0.39 is 0 Å². The summed E-state index contributed by atoms with van der Waals surface area (Å²) in [7, 11) is 1.40. The molecule has 0 unspecified atom stereocenters. The van der Waals surface area contributed by atoms with Gasteiger partial charge in [0, 0.05) is 11.5 Å². The van der Waals surface area contributed by atoms with Gasteiger partial charge < -0.3 is 10.1 Å². The van der Waals surface area contributed by atoms with Crippen molar-refractivity contribution in [1.82, 2.24) is 9.78 Å². The fraction of sp³-hybridized carbons (Fsp3) is 0.333. The van der Waals surface area contributed by atoms with Gasteiger partial charge in [-0.3, -0.25) is 0 Å². The standard InChI is InChI=1S/C24H29N3O2/c1-7-17-12-13-18(23(28)29-6)19(14-17)25-22-15-21(24(3,4)5)26-27(22)20-11-9-8-10-16(20)2/h8-15,25H,7H2,1-6H3. The molecule has 1 aromatic heterocycles. The van der Waals surface area contributed by atoms with Gasteiger partial charge in [-0.25, -0.2) is 9.48 Å². The lowest BCUT2D eigenvalue weighted by molar-refractivity contribution is 0.0602. The van der Waals surface area contributed by atoms with Crippen molar-refractivity contribution in [3.8, 4) is 5.69 Å². The third-order valence-electron chi connectivity index (χ3n) is 4.98. The molecule has 0 aliphatic heterocycles. The molecule has 0 saturated carbocycles. The number of hydrogen-bond acceptors (Lipinski definition) is 4. The lowest BCUT2D eigenvalue weighted by Gasteiger charge is -2.15. The van der Waals surface area contributed by atoms with Crippen LogP contribution >= 0.6 is 0 Å². The third kappa shape index (κ3) is 4.34. The first-order valence-corrected chi connectivity index (χ1v) is 9.89. The molecular weight excluding hydrogens is 362 g/mol. The summed E-state index contributed by atoms with van der Waals surface area (Å²) in [4.78, 5) is 12.3. The highest BCUT2D eigenvalue weighted by atomic mass is 16.5. The summed E-state index contributed by atoms with van der Waals surface area (Å²) in [5, 5.41) is 8.33. The minimum Gasteiger partial charge on any atom is -0.465 e. The number of ether oxygens (including phenoxy) is 1. The Morgan fingerprint density at radius 2 is 1.86 bits per heavy atom. The Kier molecular flexibility index (Phi) is 5.78. The Balaban J connectivity index is 2.16. The summed E-state index contributed by atoms with van der Waals surface area (Å²) in [6.45, 7) is 10.6. The number of aromatic nitrogens is 2. The monoisotopic (exact) mass is 391 g/mol. The van der Waals surface area contributed by atoms with Gasteiger partial charge in [-0.1, -0.05) is 52.0 Å².